The van der Waals surface area contributed by atoms with E-state index in [9.17, 15) is 0 Å². The average molecular weight is 175 g/mol. The van der Waals surface area contributed by atoms with Gasteiger partial charge in [-0.3, -0.25) is 0 Å². The number of hydrogen-bond acceptors (Lipinski definition) is 0. The van der Waals surface area contributed by atoms with E-state index >= 15 is 0 Å². The lowest BCUT2D eigenvalue weighted by Gasteiger charge is -1.97. The summed E-state index contributed by atoms with van der Waals surface area (Å²) in [6.45, 7) is 8.05. The van der Waals surface area contributed by atoms with Gasteiger partial charge in [0.2, 0.25) is 0 Å². The van der Waals surface area contributed by atoms with E-state index in [1.807, 2.05) is 19.1 Å². The quantitative estimate of drug-likeness (QED) is 0.719. The molecule has 13 heavy (non-hydrogen) atoms. The highest BCUT2D eigenvalue weighted by Crippen LogP contribution is 2.18. The van der Waals surface area contributed by atoms with Crippen molar-refractivity contribution in [2.75, 3.05) is 0 Å². The number of allylic oxidation sites excluding steroid dienone is 1. The van der Waals surface area contributed by atoms with Crippen LogP contribution in [0.4, 0.5) is 0 Å². The van der Waals surface area contributed by atoms with Crippen molar-refractivity contribution >= 4 is 12.2 Å². The van der Waals surface area contributed by atoms with Gasteiger partial charge in [0.25, 0.3) is 0 Å². The highest BCUT2D eigenvalue weighted by Gasteiger charge is 2.03. The SMILES string of the molecule is C=Cc1c(CCC)c[nH]c1/C=C\C. The van der Waals surface area contributed by atoms with Crippen molar-refractivity contribution in [2.24, 2.45) is 0 Å². The Hall–Kier alpha value is -1.24. The van der Waals surface area contributed by atoms with Crippen molar-refractivity contribution in [3.63, 3.8) is 0 Å². The lowest BCUT2D eigenvalue weighted by atomic mass is 10.1. The molecule has 0 atom stereocenters. The summed E-state index contributed by atoms with van der Waals surface area (Å²) in [5.41, 5.74) is 3.78. The first-order valence-corrected chi connectivity index (χ1v) is 4.78. The zero-order chi connectivity index (χ0) is 9.68. The maximum absolute atomic E-state index is 3.84. The van der Waals surface area contributed by atoms with E-state index in [1.54, 1.807) is 0 Å². The van der Waals surface area contributed by atoms with Gasteiger partial charge in [-0.05, 0) is 25.0 Å². The van der Waals surface area contributed by atoms with Crippen LogP contribution in [0.5, 0.6) is 0 Å². The van der Waals surface area contributed by atoms with Crippen LogP contribution in [-0.2, 0) is 6.42 Å². The van der Waals surface area contributed by atoms with Gasteiger partial charge in [-0.15, -0.1) is 0 Å². The molecule has 0 bridgehead atoms. The Bertz CT molecular complexity index is 305. The molecule has 0 aliphatic rings. The van der Waals surface area contributed by atoms with Crippen molar-refractivity contribution in [3.8, 4) is 0 Å². The molecular weight excluding hydrogens is 158 g/mol. The Labute approximate surface area is 80.2 Å². The monoisotopic (exact) mass is 175 g/mol. The maximum Gasteiger partial charge on any atom is 0.0453 e. The van der Waals surface area contributed by atoms with Crippen molar-refractivity contribution in [1.82, 2.24) is 4.98 Å². The molecule has 0 amide bonds. The average Bonchev–Trinajstić information content (AvgIpc) is 2.49. The van der Waals surface area contributed by atoms with Gasteiger partial charge in [0.1, 0.15) is 0 Å². The molecule has 1 rings (SSSR count). The van der Waals surface area contributed by atoms with Crippen LogP contribution in [0.15, 0.2) is 18.9 Å². The fraction of sp³-hybridized carbons (Fsp3) is 0.333. The lowest BCUT2D eigenvalue weighted by Crippen LogP contribution is -1.83. The zero-order valence-electron chi connectivity index (χ0n) is 8.43. The molecule has 0 aromatic carbocycles. The fourth-order valence-corrected chi connectivity index (χ4v) is 1.52. The fourth-order valence-electron chi connectivity index (χ4n) is 1.52. The van der Waals surface area contributed by atoms with Gasteiger partial charge in [0.15, 0.2) is 0 Å². The van der Waals surface area contributed by atoms with Gasteiger partial charge >= 0.3 is 0 Å². The van der Waals surface area contributed by atoms with Gasteiger partial charge in [0.05, 0.1) is 0 Å². The molecular formula is C12H17N. The van der Waals surface area contributed by atoms with Crippen molar-refractivity contribution in [1.29, 1.82) is 0 Å². The minimum absolute atomic E-state index is 1.12. The summed E-state index contributed by atoms with van der Waals surface area (Å²) >= 11 is 0. The first-order chi connectivity index (χ1) is 6.33. The summed E-state index contributed by atoms with van der Waals surface area (Å²) in [5, 5.41) is 0. The van der Waals surface area contributed by atoms with Crippen LogP contribution in [0.2, 0.25) is 0 Å². The molecule has 1 N–H and O–H groups in total. The molecule has 0 aliphatic carbocycles. The van der Waals surface area contributed by atoms with E-state index in [-0.39, 0.29) is 0 Å². The molecule has 0 fully saturated rings. The van der Waals surface area contributed by atoms with E-state index in [2.05, 4.69) is 30.8 Å². The largest absolute Gasteiger partial charge is 0.361 e. The highest BCUT2D eigenvalue weighted by molar-refractivity contribution is 5.64. The second-order valence-electron chi connectivity index (χ2n) is 3.10. The van der Waals surface area contributed by atoms with Gasteiger partial charge in [-0.2, -0.15) is 0 Å². The van der Waals surface area contributed by atoms with E-state index in [4.69, 9.17) is 0 Å². The number of hydrogen-bond donors (Lipinski definition) is 1. The van der Waals surface area contributed by atoms with Gasteiger partial charge in [-0.1, -0.05) is 32.1 Å². The van der Waals surface area contributed by atoms with E-state index < -0.39 is 0 Å². The molecule has 0 saturated heterocycles. The second-order valence-corrected chi connectivity index (χ2v) is 3.10. The van der Waals surface area contributed by atoms with Crippen LogP contribution in [0.1, 0.15) is 37.1 Å². The number of nitrogens with one attached hydrogen (secondary N) is 1. The Kier molecular flexibility index (Phi) is 3.56. The predicted molar refractivity (Wildman–Crippen MR) is 59.6 cm³/mol. The standard InChI is InChI=1S/C12H17N/c1-4-7-10-9-13-12(8-5-2)11(10)6-3/h5-6,8-9,13H,3-4,7H2,1-2H3/b8-5-. The molecule has 0 radical (unpaired) electrons. The summed E-state index contributed by atoms with van der Waals surface area (Å²) in [5.74, 6) is 0. The molecule has 0 spiro atoms. The van der Waals surface area contributed by atoms with Crippen LogP contribution in [0, 0.1) is 0 Å². The third-order valence-electron chi connectivity index (χ3n) is 2.09. The minimum Gasteiger partial charge on any atom is -0.361 e. The topological polar surface area (TPSA) is 15.8 Å². The smallest absolute Gasteiger partial charge is 0.0453 e. The molecule has 1 aromatic rings. The maximum atomic E-state index is 3.84. The minimum atomic E-state index is 1.12. The molecule has 1 aromatic heterocycles. The predicted octanol–water partition coefficient (Wildman–Crippen LogP) is 3.64. The van der Waals surface area contributed by atoms with Crippen LogP contribution < -0.4 is 0 Å². The third-order valence-corrected chi connectivity index (χ3v) is 2.09. The molecule has 1 heterocycles. The number of aromatic nitrogens is 1. The lowest BCUT2D eigenvalue weighted by molar-refractivity contribution is 0.922. The number of aryl methyl sites for hydroxylation is 1. The Morgan fingerprint density at radius 2 is 2.31 bits per heavy atom. The summed E-state index contributed by atoms with van der Waals surface area (Å²) in [6.07, 6.45) is 10.4. The second kappa shape index (κ2) is 4.70. The Balaban J connectivity index is 3.02. The van der Waals surface area contributed by atoms with Crippen molar-refractivity contribution in [2.45, 2.75) is 26.7 Å². The molecule has 1 nitrogen and oxygen atoms in total. The molecule has 1 heteroatoms. The van der Waals surface area contributed by atoms with E-state index in [0.29, 0.717) is 0 Å². The van der Waals surface area contributed by atoms with Gasteiger partial charge < -0.3 is 4.98 Å². The molecule has 70 valence electrons. The van der Waals surface area contributed by atoms with Crippen LogP contribution in [0.25, 0.3) is 12.2 Å². The summed E-state index contributed by atoms with van der Waals surface area (Å²) in [6, 6.07) is 0. The number of H-pyrrole nitrogens is 1. The molecule has 0 saturated carbocycles. The van der Waals surface area contributed by atoms with Crippen molar-refractivity contribution in [3.05, 3.63) is 35.7 Å². The molecule has 0 aliphatic heterocycles. The van der Waals surface area contributed by atoms with Crippen molar-refractivity contribution < 1.29 is 0 Å². The normalized spacial score (nSPS) is 10.9. The van der Waals surface area contributed by atoms with Crippen LogP contribution >= 0.6 is 0 Å². The summed E-state index contributed by atoms with van der Waals surface area (Å²) in [7, 11) is 0. The zero-order valence-corrected chi connectivity index (χ0v) is 8.43. The highest BCUT2D eigenvalue weighted by atomic mass is 14.7. The molecule has 0 unspecified atom stereocenters. The number of rotatable bonds is 4. The van der Waals surface area contributed by atoms with E-state index in [1.165, 1.54) is 23.2 Å². The first kappa shape index (κ1) is 9.85. The number of aromatic amines is 1. The van der Waals surface area contributed by atoms with Crippen LogP contribution in [0.3, 0.4) is 0 Å². The van der Waals surface area contributed by atoms with Gasteiger partial charge in [0, 0.05) is 17.5 Å². The third kappa shape index (κ3) is 2.11. The Morgan fingerprint density at radius 1 is 1.54 bits per heavy atom. The van der Waals surface area contributed by atoms with Gasteiger partial charge in [-0.25, -0.2) is 0 Å². The summed E-state index contributed by atoms with van der Waals surface area (Å²) < 4.78 is 0. The Morgan fingerprint density at radius 3 is 2.85 bits per heavy atom. The summed E-state index contributed by atoms with van der Waals surface area (Å²) in [4.78, 5) is 3.25. The first-order valence-electron chi connectivity index (χ1n) is 4.78. The van der Waals surface area contributed by atoms with E-state index in [0.717, 1.165) is 6.42 Å². The van der Waals surface area contributed by atoms with Crippen LogP contribution in [-0.4, -0.2) is 4.98 Å².